The number of benzene rings is 2. The molecule has 0 bridgehead atoms. The highest BCUT2D eigenvalue weighted by atomic mass is 16.3. The van der Waals surface area contributed by atoms with E-state index in [1.807, 2.05) is 30.3 Å². The molecule has 3 nitrogen and oxygen atoms in total. The number of hydrogen-bond acceptors (Lipinski definition) is 3. The van der Waals surface area contributed by atoms with Crippen LogP contribution in [0.15, 0.2) is 73.1 Å². The van der Waals surface area contributed by atoms with Crippen molar-refractivity contribution in [2.75, 3.05) is 0 Å². The Bertz CT molecular complexity index is 768. The minimum Gasteiger partial charge on any atom is -0.508 e. The standard InChI is InChI=1S/C18H13NO2/c20-15-6-7-16(18(21)14-4-2-1-3-5-14)17(12-15)13-8-10-19-11-9-13/h1-12,20H. The molecule has 2 aromatic carbocycles. The van der Waals surface area contributed by atoms with Gasteiger partial charge in [-0.05, 0) is 41.5 Å². The van der Waals surface area contributed by atoms with Crippen LogP contribution in [-0.2, 0) is 0 Å². The van der Waals surface area contributed by atoms with Gasteiger partial charge in [-0.1, -0.05) is 30.3 Å². The fourth-order valence-corrected chi connectivity index (χ4v) is 2.25. The van der Waals surface area contributed by atoms with Crippen LogP contribution in [0.1, 0.15) is 15.9 Å². The first-order chi connectivity index (χ1) is 10.3. The largest absolute Gasteiger partial charge is 0.508 e. The predicted molar refractivity (Wildman–Crippen MR) is 81.2 cm³/mol. The van der Waals surface area contributed by atoms with Gasteiger partial charge in [0.05, 0.1) is 0 Å². The van der Waals surface area contributed by atoms with Gasteiger partial charge in [-0.25, -0.2) is 0 Å². The number of ketones is 1. The Morgan fingerprint density at radius 3 is 2.33 bits per heavy atom. The number of nitrogens with zero attached hydrogens (tertiary/aromatic N) is 1. The lowest BCUT2D eigenvalue weighted by Crippen LogP contribution is -2.03. The van der Waals surface area contributed by atoms with E-state index in [1.165, 1.54) is 6.07 Å². The van der Waals surface area contributed by atoms with Crippen molar-refractivity contribution in [1.29, 1.82) is 0 Å². The van der Waals surface area contributed by atoms with E-state index in [-0.39, 0.29) is 11.5 Å². The molecule has 3 rings (SSSR count). The quantitative estimate of drug-likeness (QED) is 0.742. The van der Waals surface area contributed by atoms with Crippen molar-refractivity contribution in [3.05, 3.63) is 84.2 Å². The number of rotatable bonds is 3. The smallest absolute Gasteiger partial charge is 0.193 e. The Morgan fingerprint density at radius 2 is 1.62 bits per heavy atom. The van der Waals surface area contributed by atoms with E-state index in [9.17, 15) is 9.90 Å². The molecular formula is C18H13NO2. The number of carbonyl (C=O) groups excluding carboxylic acids is 1. The Hall–Kier alpha value is -2.94. The van der Waals surface area contributed by atoms with Gasteiger partial charge in [0.1, 0.15) is 5.75 Å². The summed E-state index contributed by atoms with van der Waals surface area (Å²) in [5.41, 5.74) is 2.73. The second-order valence-corrected chi connectivity index (χ2v) is 4.66. The molecule has 0 saturated carbocycles. The molecule has 0 fully saturated rings. The minimum atomic E-state index is -0.0672. The molecule has 102 valence electrons. The maximum Gasteiger partial charge on any atom is 0.193 e. The number of aromatic nitrogens is 1. The Kier molecular flexibility index (Phi) is 3.48. The predicted octanol–water partition coefficient (Wildman–Crippen LogP) is 3.69. The van der Waals surface area contributed by atoms with Crippen LogP contribution in [0.4, 0.5) is 0 Å². The molecule has 1 N–H and O–H groups in total. The SMILES string of the molecule is O=C(c1ccccc1)c1ccc(O)cc1-c1ccncc1. The minimum absolute atomic E-state index is 0.0672. The summed E-state index contributed by atoms with van der Waals surface area (Å²) in [6.45, 7) is 0. The highest BCUT2D eigenvalue weighted by Crippen LogP contribution is 2.28. The van der Waals surface area contributed by atoms with Crippen molar-refractivity contribution >= 4 is 5.78 Å². The van der Waals surface area contributed by atoms with Crippen LogP contribution >= 0.6 is 0 Å². The van der Waals surface area contributed by atoms with Crippen LogP contribution < -0.4 is 0 Å². The summed E-state index contributed by atoms with van der Waals surface area (Å²) in [5.74, 6) is 0.0637. The average molecular weight is 275 g/mol. The van der Waals surface area contributed by atoms with Crippen LogP contribution in [0.3, 0.4) is 0 Å². The van der Waals surface area contributed by atoms with E-state index in [0.29, 0.717) is 16.7 Å². The van der Waals surface area contributed by atoms with Gasteiger partial charge in [-0.2, -0.15) is 0 Å². The summed E-state index contributed by atoms with van der Waals surface area (Å²) in [7, 11) is 0. The Labute approximate surface area is 122 Å². The summed E-state index contributed by atoms with van der Waals surface area (Å²) in [6.07, 6.45) is 3.33. The van der Waals surface area contributed by atoms with Crippen molar-refractivity contribution < 1.29 is 9.90 Å². The zero-order valence-electron chi connectivity index (χ0n) is 11.2. The fraction of sp³-hybridized carbons (Fsp3) is 0. The third kappa shape index (κ3) is 2.67. The Morgan fingerprint density at radius 1 is 0.905 bits per heavy atom. The molecule has 3 aromatic rings. The first kappa shape index (κ1) is 13.1. The fourth-order valence-electron chi connectivity index (χ4n) is 2.25. The number of phenolic OH excluding ortho intramolecular Hbond substituents is 1. The molecule has 0 atom stereocenters. The molecule has 1 heterocycles. The van der Waals surface area contributed by atoms with E-state index >= 15 is 0 Å². The normalized spacial score (nSPS) is 10.3. The molecule has 21 heavy (non-hydrogen) atoms. The number of pyridine rings is 1. The number of phenols is 1. The Balaban J connectivity index is 2.14. The highest BCUT2D eigenvalue weighted by molar-refractivity contribution is 6.12. The van der Waals surface area contributed by atoms with Crippen LogP contribution in [0, 0.1) is 0 Å². The number of hydrogen-bond donors (Lipinski definition) is 1. The lowest BCUT2D eigenvalue weighted by Gasteiger charge is -2.09. The molecule has 0 aliphatic rings. The van der Waals surface area contributed by atoms with Crippen LogP contribution in [-0.4, -0.2) is 15.9 Å². The van der Waals surface area contributed by atoms with Crippen molar-refractivity contribution in [3.8, 4) is 16.9 Å². The van der Waals surface area contributed by atoms with Gasteiger partial charge in [0.25, 0.3) is 0 Å². The van der Waals surface area contributed by atoms with Gasteiger partial charge >= 0.3 is 0 Å². The summed E-state index contributed by atoms with van der Waals surface area (Å²) in [6, 6.07) is 17.5. The summed E-state index contributed by atoms with van der Waals surface area (Å²) in [4.78, 5) is 16.6. The van der Waals surface area contributed by atoms with E-state index in [2.05, 4.69) is 4.98 Å². The zero-order chi connectivity index (χ0) is 14.7. The monoisotopic (exact) mass is 275 g/mol. The molecular weight excluding hydrogens is 262 g/mol. The third-order valence-electron chi connectivity index (χ3n) is 3.28. The van der Waals surface area contributed by atoms with E-state index < -0.39 is 0 Å². The van der Waals surface area contributed by atoms with Crippen molar-refractivity contribution in [3.63, 3.8) is 0 Å². The van der Waals surface area contributed by atoms with Crippen molar-refractivity contribution in [2.24, 2.45) is 0 Å². The lowest BCUT2D eigenvalue weighted by molar-refractivity contribution is 0.103. The molecule has 1 aromatic heterocycles. The average Bonchev–Trinajstić information content (AvgIpc) is 2.56. The molecule has 0 aliphatic heterocycles. The third-order valence-corrected chi connectivity index (χ3v) is 3.28. The summed E-state index contributed by atoms with van der Waals surface area (Å²) in [5, 5.41) is 9.72. The van der Waals surface area contributed by atoms with Crippen molar-refractivity contribution in [2.45, 2.75) is 0 Å². The van der Waals surface area contributed by atoms with Crippen molar-refractivity contribution in [1.82, 2.24) is 4.98 Å². The molecule has 3 heteroatoms. The maximum atomic E-state index is 12.7. The van der Waals surface area contributed by atoms with Gasteiger partial charge in [-0.3, -0.25) is 9.78 Å². The van der Waals surface area contributed by atoms with Crippen LogP contribution in [0.5, 0.6) is 5.75 Å². The summed E-state index contributed by atoms with van der Waals surface area (Å²) >= 11 is 0. The highest BCUT2D eigenvalue weighted by Gasteiger charge is 2.15. The lowest BCUT2D eigenvalue weighted by atomic mass is 9.94. The van der Waals surface area contributed by atoms with Crippen LogP contribution in [0.2, 0.25) is 0 Å². The molecule has 0 unspecified atom stereocenters. The second-order valence-electron chi connectivity index (χ2n) is 4.66. The van der Waals surface area contributed by atoms with Gasteiger partial charge in [-0.15, -0.1) is 0 Å². The zero-order valence-corrected chi connectivity index (χ0v) is 11.2. The molecule has 0 saturated heterocycles. The molecule has 0 aliphatic carbocycles. The van der Waals surface area contributed by atoms with Gasteiger partial charge in [0.15, 0.2) is 5.78 Å². The van der Waals surface area contributed by atoms with Gasteiger partial charge in [0, 0.05) is 23.5 Å². The molecule has 0 radical (unpaired) electrons. The first-order valence-corrected chi connectivity index (χ1v) is 6.59. The second kappa shape index (κ2) is 5.59. The molecule has 0 amide bonds. The number of aromatic hydroxyl groups is 1. The van der Waals surface area contributed by atoms with E-state index in [4.69, 9.17) is 0 Å². The molecule has 0 spiro atoms. The summed E-state index contributed by atoms with van der Waals surface area (Å²) < 4.78 is 0. The maximum absolute atomic E-state index is 12.7. The first-order valence-electron chi connectivity index (χ1n) is 6.59. The van der Waals surface area contributed by atoms with Gasteiger partial charge in [0.2, 0.25) is 0 Å². The van der Waals surface area contributed by atoms with E-state index in [0.717, 1.165) is 5.56 Å². The topological polar surface area (TPSA) is 50.2 Å². The number of carbonyl (C=O) groups is 1. The van der Waals surface area contributed by atoms with E-state index in [1.54, 1.807) is 36.7 Å². The van der Waals surface area contributed by atoms with Crippen LogP contribution in [0.25, 0.3) is 11.1 Å². The van der Waals surface area contributed by atoms with Gasteiger partial charge < -0.3 is 5.11 Å².